The number of carboxylic acids is 2. The Balaban J connectivity index is 0.800. The lowest BCUT2D eigenvalue weighted by Gasteiger charge is -2.32. The lowest BCUT2D eigenvalue weighted by atomic mass is 9.99. The van der Waals surface area contributed by atoms with E-state index < -0.39 is 102 Å². The number of unbranched alkanes of at least 4 members (excludes halogenated alkanes) is 13. The molecular weight excluding hydrogens is 1290 g/mol. The quantitative estimate of drug-likeness (QED) is 0.0202. The first-order valence-electron chi connectivity index (χ1n) is 33.8. The number of fused-ring (bicyclic) bond motifs is 2. The van der Waals surface area contributed by atoms with Crippen molar-refractivity contribution >= 4 is 87.4 Å². The average Bonchev–Trinajstić information content (AvgIpc) is 1.53. The summed E-state index contributed by atoms with van der Waals surface area (Å²) in [5.41, 5.74) is 0.526. The van der Waals surface area contributed by atoms with Gasteiger partial charge in [-0.25, -0.2) is 22.8 Å². The fraction of sp³-hybridized carbons (Fsp3) is 0.657. The molecule has 30 heteroatoms. The Kier molecular flexibility index (Phi) is 32.7. The molecule has 3 heterocycles. The molecule has 4 atom stereocenters. The van der Waals surface area contributed by atoms with E-state index in [1.165, 1.54) is 72.9 Å². The molecule has 3 fully saturated rings. The first-order chi connectivity index (χ1) is 46.5. The number of alkyl halides is 2. The van der Waals surface area contributed by atoms with Crippen LogP contribution >= 0.6 is 11.6 Å². The predicted octanol–water partition coefficient (Wildman–Crippen LogP) is 7.37. The van der Waals surface area contributed by atoms with Gasteiger partial charge in [0.2, 0.25) is 35.4 Å². The van der Waals surface area contributed by atoms with Crippen LogP contribution in [0.1, 0.15) is 170 Å². The first-order valence-corrected chi connectivity index (χ1v) is 34.2. The number of aromatic nitrogens is 2. The SMILES string of the molecule is CC(=O)c1nn(CC(=O)N2C3C[C@]3(CNC(=O)COCCOCCNC(=O)COCCOCCNC(=O)CC[C@H](NC(=O)CCCCCCCCCCCCCCCCC(=O)O)C(=O)O)C[C@H]2C(=O)NCc2cccc(Cl)c2F)c2c(C)cc(NC(=O)N3CCCC(F)(F)C3)cc12. The molecule has 2 aromatic carbocycles. The van der Waals surface area contributed by atoms with E-state index in [-0.39, 0.29) is 158 Å². The highest BCUT2D eigenvalue weighted by molar-refractivity contribution is 6.30. The number of carboxylic acid groups (broad SMARTS) is 2. The third-order valence-electron chi connectivity index (χ3n) is 17.4. The number of ketones is 1. The fourth-order valence-electron chi connectivity index (χ4n) is 12.2. The summed E-state index contributed by atoms with van der Waals surface area (Å²) in [6.45, 7) is 2.21. The Morgan fingerprint density at radius 1 is 0.711 bits per heavy atom. The van der Waals surface area contributed by atoms with Crippen molar-refractivity contribution in [2.24, 2.45) is 5.41 Å². The highest BCUT2D eigenvalue weighted by Gasteiger charge is 2.67. The van der Waals surface area contributed by atoms with Gasteiger partial charge in [0.15, 0.2) is 5.78 Å². The molecule has 1 saturated carbocycles. The van der Waals surface area contributed by atoms with Gasteiger partial charge in [-0.15, -0.1) is 0 Å². The number of hydrogen-bond acceptors (Lipinski definition) is 15. The molecule has 97 heavy (non-hydrogen) atoms. The van der Waals surface area contributed by atoms with Gasteiger partial charge in [0, 0.05) is 93.4 Å². The van der Waals surface area contributed by atoms with Crippen LogP contribution in [0, 0.1) is 18.2 Å². The number of halogens is 4. The summed E-state index contributed by atoms with van der Waals surface area (Å²) in [6.07, 6.45) is 15.4. The van der Waals surface area contributed by atoms with E-state index in [0.717, 1.165) is 56.3 Å². The number of aryl methyl sites for hydroxylation is 1. The number of ether oxygens (including phenoxy) is 4. The van der Waals surface area contributed by atoms with E-state index in [9.17, 15) is 66.2 Å². The number of amides is 8. The summed E-state index contributed by atoms with van der Waals surface area (Å²) in [5, 5.41) is 39.0. The van der Waals surface area contributed by atoms with Crippen LogP contribution in [0.2, 0.25) is 5.02 Å². The number of aliphatic carboxylic acids is 2. The van der Waals surface area contributed by atoms with E-state index in [1.54, 1.807) is 13.0 Å². The molecule has 2 aliphatic heterocycles. The Bertz CT molecular complexity index is 3160. The standard InChI is InChI=1S/C67H96ClF3N10O16/c1-45-35-48(76-65(93)79-28-18-25-67(70,71)44-79)36-49-61(46(2)82)78-80(62(45)49)40-58(87)81-52(63(90)74-39-47-19-17-20-50(68)60(47)69)37-66(38-53(66)81)43-75-57(86)42-97-34-32-95-30-27-73-56(85)41-96-33-31-94-29-26-72-54(83)24-23-51(64(91)92)77-55(84)21-15-13-11-9-7-5-3-4-6-8-10-12-14-16-22-59(88)89/h17,19-20,35-36,51-53H,3-16,18,21-34,37-44H2,1-2H3,(H,72,83)(H,73,85)(H,74,90)(H,75,86)(H,76,93)(H,77,84)(H,88,89)(H,91,92)/t51-,52-,53?,66-/m0/s1. The summed E-state index contributed by atoms with van der Waals surface area (Å²) in [6, 6.07) is 3.97. The Morgan fingerprint density at radius 2 is 1.30 bits per heavy atom. The van der Waals surface area contributed by atoms with E-state index in [0.29, 0.717) is 29.3 Å². The maximum atomic E-state index is 14.9. The van der Waals surface area contributed by atoms with E-state index >= 15 is 0 Å². The molecule has 1 unspecified atom stereocenters. The number of anilines is 1. The zero-order chi connectivity index (χ0) is 70.3. The molecule has 8 amide bonds. The Morgan fingerprint density at radius 3 is 1.90 bits per heavy atom. The maximum Gasteiger partial charge on any atom is 0.326 e. The van der Waals surface area contributed by atoms with Crippen LogP contribution < -0.4 is 31.9 Å². The summed E-state index contributed by atoms with van der Waals surface area (Å²) in [7, 11) is 0. The van der Waals surface area contributed by atoms with Crippen LogP contribution in [0.25, 0.3) is 10.9 Å². The third kappa shape index (κ3) is 26.7. The van der Waals surface area contributed by atoms with Crippen molar-refractivity contribution in [3.05, 3.63) is 58.0 Å². The second-order valence-electron chi connectivity index (χ2n) is 25.2. The highest BCUT2D eigenvalue weighted by Crippen LogP contribution is 2.59. The third-order valence-corrected chi connectivity index (χ3v) is 17.7. The van der Waals surface area contributed by atoms with Crippen molar-refractivity contribution in [3.8, 4) is 0 Å². The number of nitrogens with zero attached hydrogens (tertiary/aromatic N) is 4. The number of nitrogens with one attached hydrogen (secondary N) is 6. The minimum atomic E-state index is -3.02. The van der Waals surface area contributed by atoms with Gasteiger partial charge >= 0.3 is 18.0 Å². The number of likely N-dealkylation sites (tertiary alicyclic amines) is 2. The highest BCUT2D eigenvalue weighted by atomic mass is 35.5. The fourth-order valence-corrected chi connectivity index (χ4v) is 12.4. The number of piperidine rings is 2. The zero-order valence-corrected chi connectivity index (χ0v) is 56.4. The van der Waals surface area contributed by atoms with Gasteiger partial charge in [-0.05, 0) is 69.2 Å². The second kappa shape index (κ2) is 40.4. The van der Waals surface area contributed by atoms with Crippen molar-refractivity contribution < 1.29 is 90.3 Å². The summed E-state index contributed by atoms with van der Waals surface area (Å²) in [5.74, 6) is -8.84. The monoisotopic (exact) mass is 1390 g/mol. The second-order valence-corrected chi connectivity index (χ2v) is 25.7. The number of hydrogen-bond donors (Lipinski definition) is 8. The molecule has 3 aromatic rings. The number of carbonyl (C=O) groups excluding carboxylic acids is 8. The summed E-state index contributed by atoms with van der Waals surface area (Å²) >= 11 is 5.99. The number of urea groups is 1. The van der Waals surface area contributed by atoms with Crippen molar-refractivity contribution in [3.63, 3.8) is 0 Å². The summed E-state index contributed by atoms with van der Waals surface area (Å²) in [4.78, 5) is 129. The van der Waals surface area contributed by atoms with Gasteiger partial charge in [-0.2, -0.15) is 5.10 Å². The van der Waals surface area contributed by atoms with Crippen LogP contribution in [0.5, 0.6) is 0 Å². The molecule has 0 spiro atoms. The minimum absolute atomic E-state index is 0.00965. The van der Waals surface area contributed by atoms with Gasteiger partial charge < -0.3 is 70.9 Å². The molecule has 1 aromatic heterocycles. The molecule has 3 aliphatic rings. The molecule has 538 valence electrons. The van der Waals surface area contributed by atoms with Crippen LogP contribution in [0.15, 0.2) is 30.3 Å². The van der Waals surface area contributed by atoms with Crippen molar-refractivity contribution in [1.29, 1.82) is 0 Å². The normalized spacial score (nSPS) is 17.3. The molecule has 8 N–H and O–H groups in total. The van der Waals surface area contributed by atoms with E-state index in [4.69, 9.17) is 35.7 Å². The number of rotatable bonds is 47. The zero-order valence-electron chi connectivity index (χ0n) is 55.7. The smallest absolute Gasteiger partial charge is 0.326 e. The van der Waals surface area contributed by atoms with Crippen molar-refractivity contribution in [2.45, 2.75) is 192 Å². The predicted molar refractivity (Wildman–Crippen MR) is 351 cm³/mol. The van der Waals surface area contributed by atoms with E-state index in [1.807, 2.05) is 0 Å². The molecule has 1 aliphatic carbocycles. The molecular formula is C67H96ClF3N10O16. The van der Waals surface area contributed by atoms with Crippen molar-refractivity contribution in [2.75, 3.05) is 90.9 Å². The number of benzene rings is 2. The van der Waals surface area contributed by atoms with Gasteiger partial charge in [0.25, 0.3) is 5.92 Å². The summed E-state index contributed by atoms with van der Waals surface area (Å²) < 4.78 is 66.3. The first kappa shape index (κ1) is 78.5. The topological polar surface area (TPSA) is 345 Å². The average molecular weight is 1390 g/mol. The van der Waals surface area contributed by atoms with Gasteiger partial charge in [-0.3, -0.25) is 43.0 Å². The molecule has 26 nitrogen and oxygen atoms in total. The molecule has 2 saturated heterocycles. The van der Waals surface area contributed by atoms with Gasteiger partial charge in [0.05, 0.1) is 56.7 Å². The van der Waals surface area contributed by atoms with Crippen LogP contribution in [-0.4, -0.2) is 199 Å². The Hall–Kier alpha value is -7.47. The lowest BCUT2D eigenvalue weighted by molar-refractivity contribution is -0.142. The van der Waals surface area contributed by atoms with Crippen molar-refractivity contribution in [1.82, 2.24) is 46.2 Å². The molecule has 0 bridgehead atoms. The Labute approximate surface area is 568 Å². The van der Waals surface area contributed by atoms with Crippen LogP contribution in [0.4, 0.5) is 23.7 Å². The maximum absolute atomic E-state index is 14.9. The largest absolute Gasteiger partial charge is 0.481 e. The van der Waals surface area contributed by atoms with Crippen LogP contribution in [-0.2, 0) is 70.4 Å². The number of Topliss-reactive ketones (excluding diaryl/α,β-unsaturated/α-hetero) is 1. The van der Waals surface area contributed by atoms with Gasteiger partial charge in [-0.1, -0.05) is 101 Å². The van der Waals surface area contributed by atoms with E-state index in [2.05, 4.69) is 37.0 Å². The van der Waals surface area contributed by atoms with Gasteiger partial charge in [0.1, 0.15) is 43.4 Å². The molecule has 0 radical (unpaired) electrons. The molecule has 6 rings (SSSR count). The number of carbonyl (C=O) groups is 10. The lowest BCUT2D eigenvalue weighted by Crippen LogP contribution is -2.48. The minimum Gasteiger partial charge on any atom is -0.481 e. The van der Waals surface area contributed by atoms with Crippen LogP contribution in [0.3, 0.4) is 0 Å².